The maximum absolute atomic E-state index is 13.2. The Hall–Kier alpha value is -3.76. The SMILES string of the molecule is COC[C@H]1O[C@@H](O[C@H]2[C@H](O)[C@@H](NC(C)=O)[C@H](O[C@@H]3[C@@H](O[C@@H]4[C@H](O)[C@H](O[C@H]5[C@H](O)[C@@H](NC(C)=O)[C@H](O[C@H]6[C@H](O)[C@@H](NC(C)=O)[C@H](O)O[C@@H]6CO[C@@H]6O[C@@H](C)[C@@H](O)[C@@H](O)[C@@H]6O)O[C@@H]5CO)O[C@H](CO[C@H]5O[C@H](CO)[C@@H](O)[C@H](O)[C@@H]5O[C@@H]5O[C@H](CO)[C@@H](O)[C@H](O)[C@H]5NC(C)=O)[C@H]4O)O[C@H](CO)[C@@H](O)[C@@H]3O)O[C@@H]2CO)[C@H](O)[C@@H](O)[C@H]1O. The summed E-state index contributed by atoms with van der Waals surface area (Å²) in [5.41, 5.74) is 0. The predicted molar refractivity (Wildman–Crippen MR) is 347 cm³/mol. The molecule has 9 saturated heterocycles. The van der Waals surface area contributed by atoms with Crippen LogP contribution in [0.2, 0.25) is 0 Å². The van der Waals surface area contributed by atoms with E-state index in [0.717, 1.165) is 27.7 Å². The number of rotatable bonds is 29. The maximum atomic E-state index is 13.2. The number of hydrogen-bond donors (Lipinski definition) is 27. The first-order valence-electron chi connectivity index (χ1n) is 35.9. The molecule has 0 aromatic heterocycles. The molecule has 9 heterocycles. The number of amides is 4. The van der Waals surface area contributed by atoms with E-state index in [-0.39, 0.29) is 6.61 Å². The highest BCUT2D eigenvalue weighted by Crippen LogP contribution is 2.40. The third-order valence-corrected chi connectivity index (χ3v) is 20.5. The van der Waals surface area contributed by atoms with Gasteiger partial charge in [0.25, 0.3) is 0 Å². The average molecular weight is 1640 g/mol. The first kappa shape index (κ1) is 92.1. The lowest BCUT2D eigenvalue weighted by molar-refractivity contribution is -0.398. The lowest BCUT2D eigenvalue weighted by atomic mass is 9.93. The molecular formula is C63H106N4O45. The molecule has 9 rings (SSSR count). The Labute approximate surface area is 635 Å². The van der Waals surface area contributed by atoms with Crippen LogP contribution in [-0.4, -0.2) is 477 Å². The number of aliphatic hydroxyl groups excluding tert-OH is 23. The summed E-state index contributed by atoms with van der Waals surface area (Å²) in [6, 6.07) is -7.36. The summed E-state index contributed by atoms with van der Waals surface area (Å²) < 4.78 is 106. The van der Waals surface area contributed by atoms with Crippen LogP contribution in [0.25, 0.3) is 0 Å². The molecular weight excluding hydrogens is 1530 g/mol. The summed E-state index contributed by atoms with van der Waals surface area (Å²) in [4.78, 5) is 51.0. The van der Waals surface area contributed by atoms with Gasteiger partial charge in [-0.1, -0.05) is 0 Å². The highest BCUT2D eigenvalue weighted by Gasteiger charge is 2.61. The molecule has 0 aliphatic carbocycles. The molecule has 0 saturated carbocycles. The highest BCUT2D eigenvalue weighted by molar-refractivity contribution is 5.74. The van der Waals surface area contributed by atoms with Gasteiger partial charge in [-0.25, -0.2) is 0 Å². The van der Waals surface area contributed by atoms with E-state index < -0.39 is 346 Å². The second-order valence-electron chi connectivity index (χ2n) is 28.5. The summed E-state index contributed by atoms with van der Waals surface area (Å²) in [5, 5.41) is 267. The molecule has 27 N–H and O–H groups in total. The quantitative estimate of drug-likeness (QED) is 0.0331. The summed E-state index contributed by atoms with van der Waals surface area (Å²) in [5.74, 6) is -3.56. The van der Waals surface area contributed by atoms with Crippen LogP contribution in [0.3, 0.4) is 0 Å². The summed E-state index contributed by atoms with van der Waals surface area (Å²) >= 11 is 0. The van der Waals surface area contributed by atoms with Gasteiger partial charge in [-0.05, 0) is 6.92 Å². The Morgan fingerprint density at radius 1 is 0.268 bits per heavy atom. The lowest BCUT2D eigenvalue weighted by Gasteiger charge is -2.51. The zero-order chi connectivity index (χ0) is 82.5. The maximum Gasteiger partial charge on any atom is 0.217 e. The third kappa shape index (κ3) is 20.6. The Balaban J connectivity index is 1.05. The number of ether oxygens (including phenoxy) is 18. The first-order chi connectivity index (χ1) is 52.9. The van der Waals surface area contributed by atoms with Gasteiger partial charge in [0.2, 0.25) is 23.6 Å². The molecule has 9 fully saturated rings. The first-order valence-corrected chi connectivity index (χ1v) is 35.9. The van der Waals surface area contributed by atoms with E-state index in [2.05, 4.69) is 21.3 Å². The molecule has 9 aliphatic rings. The van der Waals surface area contributed by atoms with Gasteiger partial charge >= 0.3 is 0 Å². The molecule has 0 spiro atoms. The van der Waals surface area contributed by atoms with E-state index in [1.807, 2.05) is 0 Å². The van der Waals surface area contributed by atoms with E-state index in [1.165, 1.54) is 14.0 Å². The number of hydrogen-bond acceptors (Lipinski definition) is 45. The Morgan fingerprint density at radius 2 is 0.589 bits per heavy atom. The average Bonchev–Trinajstić information content (AvgIpc) is 0.770. The molecule has 648 valence electrons. The van der Waals surface area contributed by atoms with Crippen molar-refractivity contribution in [2.75, 3.05) is 60.0 Å². The molecule has 4 amide bonds. The minimum atomic E-state index is -2.57. The summed E-state index contributed by atoms with van der Waals surface area (Å²) in [6.45, 7) is -2.70. The smallest absolute Gasteiger partial charge is 0.217 e. The van der Waals surface area contributed by atoms with Crippen LogP contribution in [0, 0.1) is 0 Å². The van der Waals surface area contributed by atoms with Gasteiger partial charge in [0, 0.05) is 34.8 Å². The van der Waals surface area contributed by atoms with Gasteiger partial charge in [0.05, 0.1) is 59.0 Å². The Kier molecular flexibility index (Phi) is 33.2. The van der Waals surface area contributed by atoms with Crippen LogP contribution in [0.1, 0.15) is 34.6 Å². The van der Waals surface area contributed by atoms with E-state index in [4.69, 9.17) is 85.3 Å². The van der Waals surface area contributed by atoms with Gasteiger partial charge in [0.15, 0.2) is 56.6 Å². The predicted octanol–water partition coefficient (Wildman–Crippen LogP) is -18.4. The molecule has 0 aromatic rings. The number of carbonyl (C=O) groups is 4. The van der Waals surface area contributed by atoms with Crippen LogP contribution >= 0.6 is 0 Å². The van der Waals surface area contributed by atoms with Crippen molar-refractivity contribution in [2.24, 2.45) is 0 Å². The minimum absolute atomic E-state index is 0.372. The number of carbonyl (C=O) groups excluding carboxylic acids is 4. The van der Waals surface area contributed by atoms with Crippen molar-refractivity contribution >= 4 is 23.6 Å². The van der Waals surface area contributed by atoms with Crippen molar-refractivity contribution in [3.8, 4) is 0 Å². The molecule has 9 aliphatic heterocycles. The van der Waals surface area contributed by atoms with Crippen molar-refractivity contribution in [1.29, 1.82) is 0 Å². The monoisotopic (exact) mass is 1640 g/mol. The molecule has 49 nitrogen and oxygen atoms in total. The molecule has 0 radical (unpaired) electrons. The Bertz CT molecular complexity index is 2970. The van der Waals surface area contributed by atoms with Crippen LogP contribution in [0.5, 0.6) is 0 Å². The second-order valence-corrected chi connectivity index (χ2v) is 28.5. The van der Waals surface area contributed by atoms with Crippen molar-refractivity contribution in [1.82, 2.24) is 21.3 Å². The van der Waals surface area contributed by atoms with Crippen LogP contribution < -0.4 is 21.3 Å². The van der Waals surface area contributed by atoms with Gasteiger partial charge < -0.3 is 224 Å². The fourth-order valence-corrected chi connectivity index (χ4v) is 14.4. The molecule has 0 unspecified atom stereocenters. The fourth-order valence-electron chi connectivity index (χ4n) is 14.4. The zero-order valence-electron chi connectivity index (χ0n) is 60.9. The van der Waals surface area contributed by atoms with E-state index in [1.54, 1.807) is 0 Å². The largest absolute Gasteiger partial charge is 0.394 e. The highest BCUT2D eigenvalue weighted by atomic mass is 16.8. The topological polar surface area (TPSA) is 748 Å². The minimum Gasteiger partial charge on any atom is -0.394 e. The molecule has 45 atom stereocenters. The standard InChI is InChI=1S/C63H106N4O45/c1-15-32(77)42(87)46(91)59(98-15)96-14-27-51(39(84)28(55(94)99-27)64-16(2)73)107-57-30(66-18(4)75)40(85)50(24(11-72)103-57)109-61-48(93)52(37(82)26(106-61)13-97-62-53(44(89)34(79)21(8-69)101-62)111-56-29(65-17(3)74)38(83)33(78)20(7-68)100-56)110-63-54(45(90)35(80)22(9-70)102-63)112-58-31(67-19(5)76)41(86)49(23(10-71)104-58)108-60-47(92)43(88)36(81)25(105-60)12-95-6/h15,20-63,68-72,77-94H,7-14H2,1-6H3,(H,64,73)(H,65,74)(H,66,75)(H,67,76)/t15-,20+,21+,22+,23+,24+,25+,26+,27+,28+,29+,30+,31+,32+,33+,34+,35+,36-,37+,38+,39+,40+,41+,42+,43-,44-,45-,46-,47+,48-,49+,50+,51+,52-,53-,54-,55+,56-,57-,58-,59+,60-,61-,62-,63+/m0/s1. The van der Waals surface area contributed by atoms with Gasteiger partial charge in [-0.3, -0.25) is 19.2 Å². The summed E-state index contributed by atoms with van der Waals surface area (Å²) in [7, 11) is 1.22. The van der Waals surface area contributed by atoms with Crippen LogP contribution in [-0.2, 0) is 104 Å². The third-order valence-electron chi connectivity index (χ3n) is 20.5. The number of nitrogens with one attached hydrogen (secondary N) is 4. The normalized spacial score (nSPS) is 48.9. The van der Waals surface area contributed by atoms with E-state index >= 15 is 0 Å². The number of aliphatic hydroxyl groups is 23. The second kappa shape index (κ2) is 40.3. The van der Waals surface area contributed by atoms with E-state index in [0.29, 0.717) is 0 Å². The number of methoxy groups -OCH3 is 1. The van der Waals surface area contributed by atoms with Crippen molar-refractivity contribution in [3.63, 3.8) is 0 Å². The zero-order valence-corrected chi connectivity index (χ0v) is 60.9. The van der Waals surface area contributed by atoms with Gasteiger partial charge in [-0.2, -0.15) is 0 Å². The molecule has 0 bridgehead atoms. The lowest BCUT2D eigenvalue weighted by Crippen LogP contribution is -2.71. The molecule has 112 heavy (non-hydrogen) atoms. The van der Waals surface area contributed by atoms with Crippen molar-refractivity contribution in [3.05, 3.63) is 0 Å². The fraction of sp³-hybridized carbons (Fsp3) is 0.937. The summed E-state index contributed by atoms with van der Waals surface area (Å²) in [6.07, 6.45) is -82.5. The molecule has 0 aromatic carbocycles. The Morgan fingerprint density at radius 3 is 1.06 bits per heavy atom. The van der Waals surface area contributed by atoms with Crippen LogP contribution in [0.15, 0.2) is 0 Å². The van der Waals surface area contributed by atoms with E-state index in [9.17, 15) is 137 Å². The van der Waals surface area contributed by atoms with Crippen LogP contribution in [0.4, 0.5) is 0 Å². The molecule has 49 heteroatoms. The van der Waals surface area contributed by atoms with Gasteiger partial charge in [0.1, 0.15) is 213 Å². The van der Waals surface area contributed by atoms with Crippen molar-refractivity contribution in [2.45, 2.75) is 311 Å². The van der Waals surface area contributed by atoms with Gasteiger partial charge in [-0.15, -0.1) is 0 Å². The van der Waals surface area contributed by atoms with Crippen molar-refractivity contribution < 1.29 is 222 Å².